The lowest BCUT2D eigenvalue weighted by atomic mass is 9.65. The number of anilines is 1. The topological polar surface area (TPSA) is 103 Å². The molecule has 0 aromatic heterocycles. The number of nitrogens with two attached hydrogens (primary N) is 1. The maximum Gasteiger partial charge on any atom is 0.0736 e. The van der Waals surface area contributed by atoms with E-state index in [0.717, 1.165) is 24.3 Å². The summed E-state index contributed by atoms with van der Waals surface area (Å²) in [5, 5.41) is 11.1. The molecule has 118 valence electrons. The second kappa shape index (κ2) is 6.48. The van der Waals surface area contributed by atoms with Crippen molar-refractivity contribution in [2.45, 2.75) is 51.9 Å². The van der Waals surface area contributed by atoms with Gasteiger partial charge in [-0.2, -0.15) is 0 Å². The first-order valence-corrected chi connectivity index (χ1v) is 7.45. The molecule has 1 fully saturated rings. The molecule has 4 nitrogen and oxygen atoms in total. The summed E-state index contributed by atoms with van der Waals surface area (Å²) >= 11 is 0. The van der Waals surface area contributed by atoms with E-state index >= 15 is 0 Å². The molecule has 2 rings (SSSR count). The number of quaternary nitrogens is 1. The van der Waals surface area contributed by atoms with E-state index in [2.05, 4.69) is 20.8 Å². The van der Waals surface area contributed by atoms with E-state index in [0.29, 0.717) is 11.6 Å². The van der Waals surface area contributed by atoms with Gasteiger partial charge in [-0.3, -0.25) is 0 Å². The Bertz CT molecular complexity index is 504. The van der Waals surface area contributed by atoms with E-state index < -0.39 is 5.97 Å². The summed E-state index contributed by atoms with van der Waals surface area (Å²) in [6.07, 6.45) is 4.50. The average Bonchev–Trinajstić information content (AvgIpc) is 2.38. The van der Waals surface area contributed by atoms with Crippen molar-refractivity contribution in [3.8, 4) is 0 Å². The van der Waals surface area contributed by atoms with Crippen molar-refractivity contribution in [1.82, 2.24) is 6.15 Å². The van der Waals surface area contributed by atoms with E-state index in [1.807, 2.05) is 6.07 Å². The minimum atomic E-state index is -1.19. The molecular formula is C17H28N2O2. The second-order valence-corrected chi connectivity index (χ2v) is 6.70. The number of aromatic carboxylic acids is 1. The van der Waals surface area contributed by atoms with Crippen LogP contribution in [0.2, 0.25) is 0 Å². The zero-order valence-electron chi connectivity index (χ0n) is 13.6. The molecule has 0 amide bonds. The van der Waals surface area contributed by atoms with E-state index in [1.54, 1.807) is 6.07 Å². The molecule has 1 aromatic rings. The summed E-state index contributed by atoms with van der Waals surface area (Å²) < 4.78 is 0. The highest BCUT2D eigenvalue weighted by atomic mass is 16.4. The number of carbonyl (C=O) groups excluding carboxylic acids is 1. The molecule has 1 aromatic carbocycles. The first-order valence-electron chi connectivity index (χ1n) is 7.45. The number of carboxylic acids is 1. The zero-order valence-corrected chi connectivity index (χ0v) is 13.6. The third-order valence-electron chi connectivity index (χ3n) is 5.05. The highest BCUT2D eigenvalue weighted by molar-refractivity contribution is 5.93. The van der Waals surface area contributed by atoms with Crippen LogP contribution in [0.3, 0.4) is 0 Å². The van der Waals surface area contributed by atoms with Crippen molar-refractivity contribution in [3.63, 3.8) is 0 Å². The molecule has 0 aliphatic heterocycles. The van der Waals surface area contributed by atoms with Gasteiger partial charge < -0.3 is 21.8 Å². The predicted octanol–water partition coefficient (Wildman–Crippen LogP) is 3.11. The van der Waals surface area contributed by atoms with E-state index in [9.17, 15) is 9.90 Å². The third kappa shape index (κ3) is 3.38. The monoisotopic (exact) mass is 292 g/mol. The number of carbonyl (C=O) groups is 1. The van der Waals surface area contributed by atoms with Gasteiger partial charge in [-0.1, -0.05) is 39.0 Å². The van der Waals surface area contributed by atoms with Crippen molar-refractivity contribution in [2.24, 2.45) is 11.8 Å². The molecule has 0 atom stereocenters. The lowest BCUT2D eigenvalue weighted by Crippen LogP contribution is -2.32. The maximum absolute atomic E-state index is 11.1. The number of hydrogen-bond donors (Lipinski definition) is 2. The predicted molar refractivity (Wildman–Crippen MR) is 85.3 cm³/mol. The zero-order chi connectivity index (χ0) is 14.9. The summed E-state index contributed by atoms with van der Waals surface area (Å²) in [7, 11) is 0. The molecule has 0 saturated heterocycles. The van der Waals surface area contributed by atoms with Crippen LogP contribution >= 0.6 is 0 Å². The summed E-state index contributed by atoms with van der Waals surface area (Å²) in [6.45, 7) is 6.76. The molecular weight excluding hydrogens is 264 g/mol. The Morgan fingerprint density at radius 2 is 1.90 bits per heavy atom. The molecule has 0 unspecified atom stereocenters. The Morgan fingerprint density at radius 3 is 2.38 bits per heavy atom. The SMILES string of the molecule is CC(C)C1CCC(C)(c2cccc(C(=O)[O-])c2N)CC1.[NH4+]. The molecule has 0 radical (unpaired) electrons. The molecule has 21 heavy (non-hydrogen) atoms. The van der Waals surface area contributed by atoms with Crippen LogP contribution in [-0.2, 0) is 5.41 Å². The van der Waals surface area contributed by atoms with Crippen LogP contribution in [0.4, 0.5) is 5.69 Å². The van der Waals surface area contributed by atoms with Gasteiger partial charge in [0.25, 0.3) is 0 Å². The standard InChI is InChI=1S/C17H25NO2.H3N/c1-11(2)12-7-9-17(3,10-8-12)14-6-4-5-13(15(14)18)16(19)20;/h4-6,11-12H,7-10,18H2,1-3H3,(H,19,20);1H3. The first kappa shape index (κ1) is 17.5. The van der Waals surface area contributed by atoms with Crippen LogP contribution < -0.4 is 17.0 Å². The van der Waals surface area contributed by atoms with Crippen LogP contribution in [-0.4, -0.2) is 5.97 Å². The molecule has 0 spiro atoms. The van der Waals surface area contributed by atoms with Crippen LogP contribution in [0, 0.1) is 11.8 Å². The lowest BCUT2D eigenvalue weighted by Gasteiger charge is -2.40. The number of benzene rings is 1. The first-order chi connectivity index (χ1) is 9.35. The van der Waals surface area contributed by atoms with E-state index in [-0.39, 0.29) is 17.1 Å². The van der Waals surface area contributed by atoms with E-state index in [4.69, 9.17) is 5.73 Å². The fourth-order valence-corrected chi connectivity index (χ4v) is 3.48. The maximum atomic E-state index is 11.1. The van der Waals surface area contributed by atoms with E-state index in [1.165, 1.54) is 18.9 Å². The Kier molecular flexibility index (Phi) is 5.40. The second-order valence-electron chi connectivity index (χ2n) is 6.70. The number of nitrogen functional groups attached to an aromatic ring is 1. The Balaban J connectivity index is 0.00000220. The number of rotatable bonds is 3. The third-order valence-corrected chi connectivity index (χ3v) is 5.05. The summed E-state index contributed by atoms with van der Waals surface area (Å²) in [6, 6.07) is 5.27. The largest absolute Gasteiger partial charge is 0.545 e. The Hall–Kier alpha value is -1.55. The van der Waals surface area contributed by atoms with Crippen molar-refractivity contribution in [2.75, 3.05) is 5.73 Å². The van der Waals surface area contributed by atoms with Gasteiger partial charge in [-0.15, -0.1) is 0 Å². The molecule has 1 aliphatic carbocycles. The van der Waals surface area contributed by atoms with Gasteiger partial charge >= 0.3 is 0 Å². The highest BCUT2D eigenvalue weighted by Crippen LogP contribution is 2.45. The van der Waals surface area contributed by atoms with Crippen molar-refractivity contribution < 1.29 is 9.90 Å². The summed E-state index contributed by atoms with van der Waals surface area (Å²) in [5.41, 5.74) is 7.54. The number of carboxylic acid groups (broad SMARTS) is 1. The van der Waals surface area contributed by atoms with Gasteiger partial charge in [-0.25, -0.2) is 0 Å². The van der Waals surface area contributed by atoms with Gasteiger partial charge in [0.1, 0.15) is 0 Å². The fourth-order valence-electron chi connectivity index (χ4n) is 3.48. The smallest absolute Gasteiger partial charge is 0.0736 e. The summed E-state index contributed by atoms with van der Waals surface area (Å²) in [4.78, 5) is 11.1. The van der Waals surface area contributed by atoms with Crippen LogP contribution in [0.5, 0.6) is 0 Å². The quantitative estimate of drug-likeness (QED) is 0.836. The molecule has 6 N–H and O–H groups in total. The van der Waals surface area contributed by atoms with Gasteiger partial charge in [0.05, 0.1) is 5.97 Å². The van der Waals surface area contributed by atoms with Gasteiger partial charge in [0, 0.05) is 11.3 Å². The Morgan fingerprint density at radius 1 is 1.33 bits per heavy atom. The molecule has 0 bridgehead atoms. The lowest BCUT2D eigenvalue weighted by molar-refractivity contribution is -0.254. The summed E-state index contributed by atoms with van der Waals surface area (Å²) in [5.74, 6) is 0.295. The average molecular weight is 292 g/mol. The van der Waals surface area contributed by atoms with Crippen LogP contribution in [0.25, 0.3) is 0 Å². The molecule has 4 heteroatoms. The Labute approximate surface area is 127 Å². The van der Waals surface area contributed by atoms with Crippen molar-refractivity contribution in [3.05, 3.63) is 29.3 Å². The van der Waals surface area contributed by atoms with Crippen molar-refractivity contribution in [1.29, 1.82) is 0 Å². The molecule has 1 saturated carbocycles. The normalized spacial score (nSPS) is 25.4. The minimum Gasteiger partial charge on any atom is -0.545 e. The van der Waals surface area contributed by atoms with Gasteiger partial charge in [0.2, 0.25) is 0 Å². The van der Waals surface area contributed by atoms with Crippen LogP contribution in [0.1, 0.15) is 62.4 Å². The number of para-hydroxylation sites is 1. The number of hydrogen-bond acceptors (Lipinski definition) is 3. The molecule has 0 heterocycles. The van der Waals surface area contributed by atoms with Crippen molar-refractivity contribution >= 4 is 11.7 Å². The fraction of sp³-hybridized carbons (Fsp3) is 0.588. The van der Waals surface area contributed by atoms with Crippen LogP contribution in [0.15, 0.2) is 18.2 Å². The highest BCUT2D eigenvalue weighted by Gasteiger charge is 2.35. The minimum absolute atomic E-state index is 0. The van der Waals surface area contributed by atoms with Gasteiger partial charge in [0.15, 0.2) is 0 Å². The van der Waals surface area contributed by atoms with Gasteiger partial charge in [-0.05, 0) is 48.5 Å². The molecule has 1 aliphatic rings.